The number of amides is 1. The molecule has 2 heterocycles. The van der Waals surface area contributed by atoms with Crippen molar-refractivity contribution in [2.24, 2.45) is 11.8 Å². The predicted molar refractivity (Wildman–Crippen MR) is 86.7 cm³/mol. The van der Waals surface area contributed by atoms with Gasteiger partial charge in [0.1, 0.15) is 11.4 Å². The third-order valence-electron chi connectivity index (χ3n) is 5.13. The molecule has 2 aliphatic rings. The zero-order valence-corrected chi connectivity index (χ0v) is 14.7. The molecule has 4 nitrogen and oxygen atoms in total. The molecule has 22 heavy (non-hydrogen) atoms. The summed E-state index contributed by atoms with van der Waals surface area (Å²) in [4.78, 5) is 27.0. The van der Waals surface area contributed by atoms with Crippen LogP contribution in [0.3, 0.4) is 0 Å². The molecule has 2 unspecified atom stereocenters. The number of piperidine rings is 1. The van der Waals surface area contributed by atoms with E-state index in [9.17, 15) is 9.59 Å². The van der Waals surface area contributed by atoms with Crippen molar-refractivity contribution in [1.82, 2.24) is 4.90 Å². The zero-order valence-electron chi connectivity index (χ0n) is 14.7. The van der Waals surface area contributed by atoms with Crippen molar-refractivity contribution < 1.29 is 14.3 Å². The van der Waals surface area contributed by atoms with Crippen LogP contribution in [0.4, 0.5) is 4.79 Å². The molecule has 4 heteroatoms. The highest BCUT2D eigenvalue weighted by Gasteiger charge is 2.46. The Labute approximate surface area is 134 Å². The normalized spacial score (nSPS) is 28.1. The number of hydrogen-bond donors (Lipinski definition) is 0. The smallest absolute Gasteiger partial charge is 0.410 e. The fourth-order valence-corrected chi connectivity index (χ4v) is 4.05. The summed E-state index contributed by atoms with van der Waals surface area (Å²) in [6, 6.07) is 0.383. The molecule has 1 amide bonds. The van der Waals surface area contributed by atoms with Crippen molar-refractivity contribution in [2.75, 3.05) is 0 Å². The Hall–Kier alpha value is -1.06. The fourth-order valence-electron chi connectivity index (χ4n) is 4.05. The van der Waals surface area contributed by atoms with Crippen LogP contribution >= 0.6 is 0 Å². The van der Waals surface area contributed by atoms with E-state index in [1.54, 1.807) is 0 Å². The summed E-state index contributed by atoms with van der Waals surface area (Å²) < 4.78 is 5.55. The highest BCUT2D eigenvalue weighted by atomic mass is 16.6. The predicted octanol–water partition coefficient (Wildman–Crippen LogP) is 4.17. The van der Waals surface area contributed by atoms with Crippen LogP contribution < -0.4 is 0 Å². The van der Waals surface area contributed by atoms with Gasteiger partial charge in [0.2, 0.25) is 0 Å². The van der Waals surface area contributed by atoms with Crippen LogP contribution in [0.25, 0.3) is 0 Å². The average Bonchev–Trinajstić information content (AvgIpc) is 2.69. The van der Waals surface area contributed by atoms with Crippen LogP contribution in [0.1, 0.15) is 73.1 Å². The van der Waals surface area contributed by atoms with Gasteiger partial charge < -0.3 is 9.64 Å². The largest absolute Gasteiger partial charge is 0.444 e. The zero-order chi connectivity index (χ0) is 16.5. The van der Waals surface area contributed by atoms with Crippen molar-refractivity contribution in [3.63, 3.8) is 0 Å². The van der Waals surface area contributed by atoms with E-state index in [1.807, 2.05) is 25.7 Å². The third-order valence-corrected chi connectivity index (χ3v) is 5.13. The van der Waals surface area contributed by atoms with Crippen LogP contribution in [0.5, 0.6) is 0 Å². The molecule has 2 atom stereocenters. The summed E-state index contributed by atoms with van der Waals surface area (Å²) in [7, 11) is 0. The molecule has 126 valence electrons. The minimum absolute atomic E-state index is 0.140. The SMILES string of the molecule is CCC(CC)C(=O)C1CC2CCC(C1)N2C(=O)OC(C)(C)C. The number of Topliss-reactive ketones (excluding diaryl/α,β-unsaturated/α-hetero) is 1. The van der Waals surface area contributed by atoms with E-state index < -0.39 is 5.60 Å². The highest BCUT2D eigenvalue weighted by Crippen LogP contribution is 2.41. The number of fused-ring (bicyclic) bond motifs is 2. The monoisotopic (exact) mass is 309 g/mol. The maximum Gasteiger partial charge on any atom is 0.410 e. The molecule has 2 aliphatic heterocycles. The van der Waals surface area contributed by atoms with Gasteiger partial charge in [0, 0.05) is 23.9 Å². The van der Waals surface area contributed by atoms with Gasteiger partial charge in [-0.3, -0.25) is 4.79 Å². The second kappa shape index (κ2) is 6.59. The molecule has 2 bridgehead atoms. The third kappa shape index (κ3) is 3.64. The Morgan fingerprint density at radius 2 is 1.59 bits per heavy atom. The summed E-state index contributed by atoms with van der Waals surface area (Å²) >= 11 is 0. The van der Waals surface area contributed by atoms with Gasteiger partial charge in [-0.1, -0.05) is 13.8 Å². The lowest BCUT2D eigenvalue weighted by molar-refractivity contribution is -0.129. The molecule has 0 aromatic rings. The minimum atomic E-state index is -0.460. The van der Waals surface area contributed by atoms with Gasteiger partial charge >= 0.3 is 6.09 Å². The van der Waals surface area contributed by atoms with E-state index in [-0.39, 0.29) is 30.0 Å². The summed E-state index contributed by atoms with van der Waals surface area (Å²) in [6.07, 6.45) is 5.32. The van der Waals surface area contributed by atoms with E-state index in [2.05, 4.69) is 13.8 Å². The number of rotatable bonds is 4. The van der Waals surface area contributed by atoms with Crippen LogP contribution in [0, 0.1) is 11.8 Å². The van der Waals surface area contributed by atoms with Gasteiger partial charge in [0.25, 0.3) is 0 Å². The van der Waals surface area contributed by atoms with Gasteiger partial charge in [-0.05, 0) is 59.3 Å². The first kappa shape index (κ1) is 17.3. The van der Waals surface area contributed by atoms with Crippen molar-refractivity contribution in [2.45, 2.75) is 90.8 Å². The summed E-state index contributed by atoms with van der Waals surface area (Å²) in [5, 5.41) is 0. The number of ether oxygens (including phenoxy) is 1. The van der Waals surface area contributed by atoms with Crippen LogP contribution in [-0.4, -0.2) is 34.5 Å². The summed E-state index contributed by atoms with van der Waals surface area (Å²) in [5.41, 5.74) is -0.460. The van der Waals surface area contributed by atoms with E-state index in [0.29, 0.717) is 5.78 Å². The quantitative estimate of drug-likeness (QED) is 0.783. The molecule has 0 aromatic heterocycles. The second-order valence-corrected chi connectivity index (χ2v) is 7.86. The number of ketones is 1. The maximum absolute atomic E-state index is 12.6. The summed E-state index contributed by atoms with van der Waals surface area (Å²) in [5.74, 6) is 0.754. The van der Waals surface area contributed by atoms with Gasteiger partial charge in [0.05, 0.1) is 0 Å². The van der Waals surface area contributed by atoms with Gasteiger partial charge in [-0.25, -0.2) is 4.79 Å². The van der Waals surface area contributed by atoms with Crippen LogP contribution in [-0.2, 0) is 9.53 Å². The average molecular weight is 309 g/mol. The Kier molecular flexibility index (Phi) is 5.18. The Morgan fingerprint density at radius 1 is 1.09 bits per heavy atom. The molecule has 0 N–H and O–H groups in total. The fraction of sp³-hybridized carbons (Fsp3) is 0.889. The first-order valence-corrected chi connectivity index (χ1v) is 8.81. The molecule has 0 radical (unpaired) electrons. The molecule has 2 rings (SSSR count). The van der Waals surface area contributed by atoms with E-state index in [0.717, 1.165) is 38.5 Å². The number of hydrogen-bond acceptors (Lipinski definition) is 3. The van der Waals surface area contributed by atoms with Gasteiger partial charge in [0.15, 0.2) is 0 Å². The number of carbonyl (C=O) groups is 2. The second-order valence-electron chi connectivity index (χ2n) is 7.86. The van der Waals surface area contributed by atoms with Crippen molar-refractivity contribution in [1.29, 1.82) is 0 Å². The topological polar surface area (TPSA) is 46.6 Å². The van der Waals surface area contributed by atoms with Gasteiger partial charge in [-0.15, -0.1) is 0 Å². The van der Waals surface area contributed by atoms with Crippen molar-refractivity contribution in [3.05, 3.63) is 0 Å². The van der Waals surface area contributed by atoms with E-state index >= 15 is 0 Å². The Bertz CT molecular complexity index is 409. The lowest BCUT2D eigenvalue weighted by Gasteiger charge is -2.39. The molecule has 2 fully saturated rings. The van der Waals surface area contributed by atoms with Crippen LogP contribution in [0.15, 0.2) is 0 Å². The number of nitrogens with zero attached hydrogens (tertiary/aromatic N) is 1. The first-order chi connectivity index (χ1) is 10.3. The van der Waals surface area contributed by atoms with E-state index in [1.165, 1.54) is 0 Å². The standard InChI is InChI=1S/C18H31NO3/c1-6-12(7-2)16(20)13-10-14-8-9-15(11-13)19(14)17(21)22-18(3,4)5/h12-15H,6-11H2,1-5H3. The molecular formula is C18H31NO3. The van der Waals surface area contributed by atoms with Crippen LogP contribution in [0.2, 0.25) is 0 Å². The molecule has 0 aliphatic carbocycles. The molecule has 2 saturated heterocycles. The minimum Gasteiger partial charge on any atom is -0.444 e. The van der Waals surface area contributed by atoms with Crippen molar-refractivity contribution in [3.8, 4) is 0 Å². The highest BCUT2D eigenvalue weighted by molar-refractivity contribution is 5.84. The molecular weight excluding hydrogens is 278 g/mol. The lowest BCUT2D eigenvalue weighted by Crippen LogP contribution is -2.50. The Morgan fingerprint density at radius 3 is 2.00 bits per heavy atom. The van der Waals surface area contributed by atoms with Crippen molar-refractivity contribution >= 4 is 11.9 Å². The molecule has 0 saturated carbocycles. The summed E-state index contributed by atoms with van der Waals surface area (Å²) in [6.45, 7) is 9.88. The van der Waals surface area contributed by atoms with E-state index in [4.69, 9.17) is 4.74 Å². The van der Waals surface area contributed by atoms with Gasteiger partial charge in [-0.2, -0.15) is 0 Å². The maximum atomic E-state index is 12.6. The molecule has 0 spiro atoms. The lowest BCUT2D eigenvalue weighted by atomic mass is 9.81. The number of carbonyl (C=O) groups excluding carboxylic acids is 2. The first-order valence-electron chi connectivity index (χ1n) is 8.81. The molecule has 0 aromatic carbocycles. The Balaban J connectivity index is 2.03.